The summed E-state index contributed by atoms with van der Waals surface area (Å²) in [5.74, 6) is 0.182. The van der Waals surface area contributed by atoms with Crippen molar-refractivity contribution in [2.24, 2.45) is 16.5 Å². The van der Waals surface area contributed by atoms with E-state index in [0.717, 1.165) is 38.8 Å². The summed E-state index contributed by atoms with van der Waals surface area (Å²) in [6.07, 6.45) is 6.52. The maximum Gasteiger partial charge on any atom is 0.185 e. The van der Waals surface area contributed by atoms with E-state index in [2.05, 4.69) is 69.6 Å². The summed E-state index contributed by atoms with van der Waals surface area (Å²) >= 11 is 0. The number of aliphatic imine (C=N–C) groups is 1. The highest BCUT2D eigenvalue weighted by atomic mass is 15.2. The summed E-state index contributed by atoms with van der Waals surface area (Å²) in [6.45, 7) is 2.72. The van der Waals surface area contributed by atoms with Gasteiger partial charge in [0.05, 0.1) is 0 Å². The van der Waals surface area contributed by atoms with Gasteiger partial charge in [-0.1, -0.05) is 42.5 Å². The van der Waals surface area contributed by atoms with Crippen LogP contribution in [0.5, 0.6) is 0 Å². The third kappa shape index (κ3) is 4.20. The molecule has 0 unspecified atom stereocenters. The van der Waals surface area contributed by atoms with Crippen molar-refractivity contribution in [2.75, 3.05) is 13.1 Å². The standard InChI is InChI=1S/C23H29N5/c24-23(25)26-11-5-6-12-28(20-13-17-7-1-2-8-18(17)14-20)16-19-15-27-22-10-4-3-9-21(19)22/h1-4,7-10,15,20,27H,5-6,11-14,16H2,(H4,24,25,26). The van der Waals surface area contributed by atoms with Gasteiger partial charge in [-0.3, -0.25) is 9.89 Å². The lowest BCUT2D eigenvalue weighted by Gasteiger charge is -2.29. The lowest BCUT2D eigenvalue weighted by molar-refractivity contribution is 0.190. The predicted molar refractivity (Wildman–Crippen MR) is 116 cm³/mol. The molecule has 5 N–H and O–H groups in total. The average Bonchev–Trinajstić information content (AvgIpc) is 3.30. The van der Waals surface area contributed by atoms with Gasteiger partial charge in [-0.05, 0) is 55.0 Å². The Morgan fingerprint density at radius 3 is 2.46 bits per heavy atom. The number of aromatic amines is 1. The Hall–Kier alpha value is -2.79. The molecule has 5 heteroatoms. The number of benzene rings is 2. The van der Waals surface area contributed by atoms with E-state index < -0.39 is 0 Å². The van der Waals surface area contributed by atoms with Gasteiger partial charge in [0.1, 0.15) is 0 Å². The van der Waals surface area contributed by atoms with Crippen LogP contribution >= 0.6 is 0 Å². The number of guanidine groups is 1. The molecule has 0 amide bonds. The first-order chi connectivity index (χ1) is 13.7. The van der Waals surface area contributed by atoms with Crippen molar-refractivity contribution in [3.05, 3.63) is 71.4 Å². The molecule has 28 heavy (non-hydrogen) atoms. The number of nitrogens with one attached hydrogen (secondary N) is 1. The molecular weight excluding hydrogens is 346 g/mol. The van der Waals surface area contributed by atoms with E-state index >= 15 is 0 Å². The molecule has 0 fully saturated rings. The van der Waals surface area contributed by atoms with Crippen LogP contribution in [0, 0.1) is 0 Å². The third-order valence-corrected chi connectivity index (χ3v) is 5.74. The monoisotopic (exact) mass is 375 g/mol. The van der Waals surface area contributed by atoms with Gasteiger partial charge in [0.15, 0.2) is 5.96 Å². The second-order valence-corrected chi connectivity index (χ2v) is 7.67. The average molecular weight is 376 g/mol. The van der Waals surface area contributed by atoms with Gasteiger partial charge in [0.25, 0.3) is 0 Å². The summed E-state index contributed by atoms with van der Waals surface area (Å²) in [5, 5.41) is 1.32. The van der Waals surface area contributed by atoms with Crippen molar-refractivity contribution >= 4 is 16.9 Å². The molecule has 0 spiro atoms. The zero-order valence-electron chi connectivity index (χ0n) is 16.3. The van der Waals surface area contributed by atoms with Crippen LogP contribution in [0.1, 0.15) is 29.5 Å². The van der Waals surface area contributed by atoms with Crippen LogP contribution < -0.4 is 11.5 Å². The first-order valence-electron chi connectivity index (χ1n) is 10.1. The van der Waals surface area contributed by atoms with Crippen LogP contribution in [0.3, 0.4) is 0 Å². The van der Waals surface area contributed by atoms with Crippen molar-refractivity contribution in [1.29, 1.82) is 0 Å². The molecule has 3 aromatic rings. The van der Waals surface area contributed by atoms with Gasteiger partial charge in [-0.25, -0.2) is 0 Å². The van der Waals surface area contributed by atoms with Gasteiger partial charge < -0.3 is 16.5 Å². The minimum Gasteiger partial charge on any atom is -0.370 e. The fourth-order valence-electron chi connectivity index (χ4n) is 4.30. The largest absolute Gasteiger partial charge is 0.370 e. The Labute approximate surface area is 166 Å². The maximum absolute atomic E-state index is 5.44. The molecule has 0 atom stereocenters. The number of hydrogen-bond donors (Lipinski definition) is 3. The smallest absolute Gasteiger partial charge is 0.185 e. The minimum atomic E-state index is 0.182. The zero-order chi connectivity index (χ0) is 19.3. The van der Waals surface area contributed by atoms with Gasteiger partial charge in [0.2, 0.25) is 0 Å². The normalized spacial score (nSPS) is 13.9. The van der Waals surface area contributed by atoms with Gasteiger partial charge in [0, 0.05) is 36.2 Å². The van der Waals surface area contributed by atoms with E-state index in [1.807, 2.05) is 0 Å². The fourth-order valence-corrected chi connectivity index (χ4v) is 4.30. The van der Waals surface area contributed by atoms with E-state index in [1.54, 1.807) is 0 Å². The minimum absolute atomic E-state index is 0.182. The van der Waals surface area contributed by atoms with Crippen molar-refractivity contribution in [1.82, 2.24) is 9.88 Å². The molecule has 1 aliphatic rings. The first kappa shape index (κ1) is 18.6. The second-order valence-electron chi connectivity index (χ2n) is 7.67. The highest BCUT2D eigenvalue weighted by Gasteiger charge is 2.26. The topological polar surface area (TPSA) is 83.4 Å². The highest BCUT2D eigenvalue weighted by Crippen LogP contribution is 2.28. The molecule has 0 saturated heterocycles. The Morgan fingerprint density at radius 1 is 1.00 bits per heavy atom. The molecule has 0 radical (unpaired) electrons. The summed E-state index contributed by atoms with van der Waals surface area (Å²) in [5.41, 5.74) is 16.5. The number of aromatic nitrogens is 1. The molecule has 4 rings (SSSR count). The SMILES string of the molecule is NC(N)=NCCCCN(Cc1c[nH]c2ccccc12)C1Cc2ccccc2C1. The molecule has 0 bridgehead atoms. The molecule has 5 nitrogen and oxygen atoms in total. The van der Waals surface area contributed by atoms with Crippen molar-refractivity contribution in [3.63, 3.8) is 0 Å². The number of unbranched alkanes of at least 4 members (excludes halogenated alkanes) is 1. The second kappa shape index (κ2) is 8.48. The van der Waals surface area contributed by atoms with Crippen molar-refractivity contribution < 1.29 is 0 Å². The summed E-state index contributed by atoms with van der Waals surface area (Å²) in [4.78, 5) is 10.2. The third-order valence-electron chi connectivity index (χ3n) is 5.74. The van der Waals surface area contributed by atoms with E-state index in [1.165, 1.54) is 27.6 Å². The molecular formula is C23H29N5. The van der Waals surface area contributed by atoms with Crippen molar-refractivity contribution in [3.8, 4) is 0 Å². The number of para-hydroxylation sites is 1. The van der Waals surface area contributed by atoms with E-state index in [0.29, 0.717) is 12.6 Å². The number of rotatable bonds is 8. The molecule has 1 aromatic heterocycles. The zero-order valence-corrected chi connectivity index (χ0v) is 16.3. The first-order valence-corrected chi connectivity index (χ1v) is 10.1. The Kier molecular flexibility index (Phi) is 5.63. The Balaban J connectivity index is 1.48. The maximum atomic E-state index is 5.44. The fraction of sp³-hybridized carbons (Fsp3) is 0.348. The van der Waals surface area contributed by atoms with Gasteiger partial charge >= 0.3 is 0 Å². The van der Waals surface area contributed by atoms with Crippen LogP contribution in [0.15, 0.2) is 59.7 Å². The highest BCUT2D eigenvalue weighted by molar-refractivity contribution is 5.83. The number of hydrogen-bond acceptors (Lipinski definition) is 2. The van der Waals surface area contributed by atoms with E-state index in [9.17, 15) is 0 Å². The number of H-pyrrole nitrogens is 1. The lowest BCUT2D eigenvalue weighted by Crippen LogP contribution is -2.36. The molecule has 146 valence electrons. The van der Waals surface area contributed by atoms with Crippen LogP contribution in [-0.2, 0) is 19.4 Å². The summed E-state index contributed by atoms with van der Waals surface area (Å²) < 4.78 is 0. The molecule has 2 aromatic carbocycles. The van der Waals surface area contributed by atoms with Crippen molar-refractivity contribution in [2.45, 2.75) is 38.3 Å². The molecule has 0 aliphatic heterocycles. The predicted octanol–water partition coefficient (Wildman–Crippen LogP) is 3.19. The number of nitrogens with two attached hydrogens (primary N) is 2. The lowest BCUT2D eigenvalue weighted by atomic mass is 10.1. The Bertz CT molecular complexity index is 929. The Morgan fingerprint density at radius 2 is 1.71 bits per heavy atom. The summed E-state index contributed by atoms with van der Waals surface area (Å²) in [7, 11) is 0. The van der Waals surface area contributed by atoms with Crippen LogP contribution in [-0.4, -0.2) is 35.0 Å². The van der Waals surface area contributed by atoms with Crippen LogP contribution in [0.4, 0.5) is 0 Å². The van der Waals surface area contributed by atoms with E-state index in [4.69, 9.17) is 11.5 Å². The van der Waals surface area contributed by atoms with Gasteiger partial charge in [-0.2, -0.15) is 0 Å². The summed E-state index contributed by atoms with van der Waals surface area (Å²) in [6, 6.07) is 18.0. The molecule has 1 heterocycles. The van der Waals surface area contributed by atoms with E-state index in [-0.39, 0.29) is 5.96 Å². The number of nitrogens with zero attached hydrogens (tertiary/aromatic N) is 2. The quantitative estimate of drug-likeness (QED) is 0.321. The number of fused-ring (bicyclic) bond motifs is 2. The molecule has 1 aliphatic carbocycles. The van der Waals surface area contributed by atoms with Crippen LogP contribution in [0.25, 0.3) is 10.9 Å². The van der Waals surface area contributed by atoms with Crippen LogP contribution in [0.2, 0.25) is 0 Å². The van der Waals surface area contributed by atoms with Gasteiger partial charge in [-0.15, -0.1) is 0 Å². The molecule has 0 saturated carbocycles.